The summed E-state index contributed by atoms with van der Waals surface area (Å²) in [4.78, 5) is 10.5. The van der Waals surface area contributed by atoms with Crippen molar-refractivity contribution in [2.45, 2.75) is 32.2 Å². The molecule has 1 unspecified atom stereocenters. The molecule has 0 saturated heterocycles. The van der Waals surface area contributed by atoms with E-state index in [1.807, 2.05) is 12.3 Å². The lowest BCUT2D eigenvalue weighted by Crippen LogP contribution is -2.11. The molecule has 1 aliphatic rings. The first-order valence-corrected chi connectivity index (χ1v) is 7.10. The monoisotopic (exact) mass is 251 g/mol. The van der Waals surface area contributed by atoms with Gasteiger partial charge in [-0.05, 0) is 26.2 Å². The van der Waals surface area contributed by atoms with Crippen molar-refractivity contribution in [2.75, 3.05) is 0 Å². The van der Waals surface area contributed by atoms with E-state index in [9.17, 15) is 0 Å². The number of hydrogen-bond donors (Lipinski definition) is 1. The second kappa shape index (κ2) is 3.91. The van der Waals surface area contributed by atoms with Crippen molar-refractivity contribution in [3.63, 3.8) is 0 Å². The highest BCUT2D eigenvalue weighted by molar-refractivity contribution is 7.12. The Bertz CT molecular complexity index is 494. The summed E-state index contributed by atoms with van der Waals surface area (Å²) in [7, 11) is 0. The highest BCUT2D eigenvalue weighted by Gasteiger charge is 2.22. The number of aromatic nitrogens is 2. The molecule has 5 heteroatoms. The zero-order chi connectivity index (χ0) is 11.1. The van der Waals surface area contributed by atoms with Crippen molar-refractivity contribution in [2.24, 2.45) is 5.73 Å². The van der Waals surface area contributed by atoms with Gasteiger partial charge in [0.15, 0.2) is 0 Å². The molecule has 0 saturated carbocycles. The number of nitrogens with two attached hydrogens (primary N) is 1. The Labute approximate surface area is 102 Å². The molecule has 16 heavy (non-hydrogen) atoms. The number of thiazole rings is 2. The van der Waals surface area contributed by atoms with Gasteiger partial charge in [-0.1, -0.05) is 0 Å². The molecule has 2 N–H and O–H groups in total. The molecule has 0 aliphatic heterocycles. The summed E-state index contributed by atoms with van der Waals surface area (Å²) >= 11 is 3.39. The van der Waals surface area contributed by atoms with Crippen molar-refractivity contribution < 1.29 is 0 Å². The first-order valence-electron chi connectivity index (χ1n) is 5.40. The summed E-state index contributed by atoms with van der Waals surface area (Å²) in [5, 5.41) is 4.04. The summed E-state index contributed by atoms with van der Waals surface area (Å²) in [6.45, 7) is 1.99. The molecule has 2 aromatic rings. The van der Waals surface area contributed by atoms with Crippen LogP contribution in [0.2, 0.25) is 0 Å². The SMILES string of the molecule is Cc1csc(C(N)c2nc3c(s2)CCC3)n1. The first kappa shape index (κ1) is 10.4. The van der Waals surface area contributed by atoms with Crippen LogP contribution in [0.4, 0.5) is 0 Å². The molecule has 0 radical (unpaired) electrons. The largest absolute Gasteiger partial charge is 0.316 e. The normalized spacial score (nSPS) is 16.4. The minimum absolute atomic E-state index is 0.130. The van der Waals surface area contributed by atoms with Crippen LogP contribution in [0.3, 0.4) is 0 Å². The van der Waals surface area contributed by atoms with Gasteiger partial charge in [0, 0.05) is 16.0 Å². The number of nitrogens with zero attached hydrogens (tertiary/aromatic N) is 2. The minimum atomic E-state index is -0.130. The van der Waals surface area contributed by atoms with Gasteiger partial charge < -0.3 is 5.73 Å². The predicted octanol–water partition coefficient (Wildman–Crippen LogP) is 2.44. The van der Waals surface area contributed by atoms with Crippen LogP contribution in [0.1, 0.15) is 38.7 Å². The molecule has 0 fully saturated rings. The number of hydrogen-bond acceptors (Lipinski definition) is 5. The molecule has 3 nitrogen and oxygen atoms in total. The van der Waals surface area contributed by atoms with E-state index in [-0.39, 0.29) is 6.04 Å². The van der Waals surface area contributed by atoms with E-state index >= 15 is 0 Å². The van der Waals surface area contributed by atoms with Crippen LogP contribution >= 0.6 is 22.7 Å². The molecule has 0 bridgehead atoms. The van der Waals surface area contributed by atoms with Gasteiger partial charge >= 0.3 is 0 Å². The van der Waals surface area contributed by atoms with E-state index in [0.717, 1.165) is 22.1 Å². The summed E-state index contributed by atoms with van der Waals surface area (Å²) < 4.78 is 0. The van der Waals surface area contributed by atoms with Gasteiger partial charge in [0.2, 0.25) is 0 Å². The van der Waals surface area contributed by atoms with Crippen molar-refractivity contribution in [1.82, 2.24) is 9.97 Å². The summed E-state index contributed by atoms with van der Waals surface area (Å²) in [5.41, 5.74) is 8.50. The lowest BCUT2D eigenvalue weighted by atomic mass is 10.3. The van der Waals surface area contributed by atoms with Crippen LogP contribution in [0.15, 0.2) is 5.38 Å². The topological polar surface area (TPSA) is 51.8 Å². The Morgan fingerprint density at radius 3 is 2.88 bits per heavy atom. The smallest absolute Gasteiger partial charge is 0.117 e. The number of fused-ring (bicyclic) bond motifs is 1. The van der Waals surface area contributed by atoms with Crippen LogP contribution in [0.5, 0.6) is 0 Å². The Balaban J connectivity index is 1.91. The van der Waals surface area contributed by atoms with E-state index in [2.05, 4.69) is 9.97 Å². The van der Waals surface area contributed by atoms with E-state index in [1.165, 1.54) is 23.4 Å². The van der Waals surface area contributed by atoms with Crippen molar-refractivity contribution >= 4 is 22.7 Å². The predicted molar refractivity (Wildman–Crippen MR) is 67.0 cm³/mol. The molecule has 2 heterocycles. The molecule has 0 aromatic carbocycles. The number of aryl methyl sites for hydroxylation is 3. The quantitative estimate of drug-likeness (QED) is 0.892. The van der Waals surface area contributed by atoms with Crippen molar-refractivity contribution in [3.8, 4) is 0 Å². The van der Waals surface area contributed by atoms with Gasteiger partial charge in [-0.3, -0.25) is 0 Å². The third-order valence-corrected chi connectivity index (χ3v) is 5.07. The molecule has 3 rings (SSSR count). The fourth-order valence-corrected chi connectivity index (χ4v) is 4.00. The van der Waals surface area contributed by atoms with Gasteiger partial charge in [0.05, 0.1) is 5.69 Å². The van der Waals surface area contributed by atoms with Crippen LogP contribution in [0, 0.1) is 6.92 Å². The van der Waals surface area contributed by atoms with Gasteiger partial charge in [0.25, 0.3) is 0 Å². The maximum atomic E-state index is 6.19. The highest BCUT2D eigenvalue weighted by Crippen LogP contribution is 2.32. The Hall–Kier alpha value is -0.780. The van der Waals surface area contributed by atoms with E-state index in [0.29, 0.717) is 0 Å². The maximum absolute atomic E-state index is 6.19. The van der Waals surface area contributed by atoms with Gasteiger partial charge in [-0.25, -0.2) is 9.97 Å². The van der Waals surface area contributed by atoms with Crippen molar-refractivity contribution in [1.29, 1.82) is 0 Å². The molecule has 1 aliphatic carbocycles. The molecular formula is C11H13N3S2. The van der Waals surface area contributed by atoms with Crippen LogP contribution in [0.25, 0.3) is 0 Å². The molecule has 0 spiro atoms. The van der Waals surface area contributed by atoms with Crippen LogP contribution in [-0.4, -0.2) is 9.97 Å². The molecule has 0 amide bonds. The van der Waals surface area contributed by atoms with Gasteiger partial charge in [-0.2, -0.15) is 0 Å². The Morgan fingerprint density at radius 1 is 1.31 bits per heavy atom. The van der Waals surface area contributed by atoms with Crippen LogP contribution in [-0.2, 0) is 12.8 Å². The lowest BCUT2D eigenvalue weighted by Gasteiger charge is -2.03. The zero-order valence-corrected chi connectivity index (χ0v) is 10.7. The molecule has 1 atom stereocenters. The fourth-order valence-electron chi connectivity index (χ4n) is 1.96. The minimum Gasteiger partial charge on any atom is -0.316 e. The average Bonchev–Trinajstić information content (AvgIpc) is 2.89. The lowest BCUT2D eigenvalue weighted by molar-refractivity contribution is 0.822. The highest BCUT2D eigenvalue weighted by atomic mass is 32.1. The molecule has 2 aromatic heterocycles. The second-order valence-corrected chi connectivity index (χ2v) is 6.09. The third kappa shape index (κ3) is 1.69. The standard InChI is InChI=1S/C11H13N3S2/c1-6-5-15-10(13-6)9(12)11-14-7-3-2-4-8(7)16-11/h5,9H,2-4,12H2,1H3. The summed E-state index contributed by atoms with van der Waals surface area (Å²) in [6.07, 6.45) is 3.55. The van der Waals surface area contributed by atoms with E-state index in [1.54, 1.807) is 22.7 Å². The van der Waals surface area contributed by atoms with Crippen LogP contribution < -0.4 is 5.73 Å². The Morgan fingerprint density at radius 2 is 2.19 bits per heavy atom. The Kier molecular flexibility index (Phi) is 2.53. The first-order chi connectivity index (χ1) is 7.74. The van der Waals surface area contributed by atoms with E-state index < -0.39 is 0 Å². The summed E-state index contributed by atoms with van der Waals surface area (Å²) in [6, 6.07) is -0.130. The molecular weight excluding hydrogens is 238 g/mol. The maximum Gasteiger partial charge on any atom is 0.117 e. The average molecular weight is 251 g/mol. The fraction of sp³-hybridized carbons (Fsp3) is 0.455. The van der Waals surface area contributed by atoms with Gasteiger partial charge in [0.1, 0.15) is 16.1 Å². The third-order valence-electron chi connectivity index (χ3n) is 2.78. The van der Waals surface area contributed by atoms with E-state index in [4.69, 9.17) is 5.73 Å². The molecule has 84 valence electrons. The van der Waals surface area contributed by atoms with Crippen molar-refractivity contribution in [3.05, 3.63) is 31.7 Å². The number of rotatable bonds is 2. The van der Waals surface area contributed by atoms with Gasteiger partial charge in [-0.15, -0.1) is 22.7 Å². The summed E-state index contributed by atoms with van der Waals surface area (Å²) in [5.74, 6) is 0. The second-order valence-electron chi connectivity index (χ2n) is 4.08. The zero-order valence-electron chi connectivity index (χ0n) is 9.06.